The highest BCUT2D eigenvalue weighted by Crippen LogP contribution is 2.23. The lowest BCUT2D eigenvalue weighted by molar-refractivity contribution is -0.214. The second-order valence-electron chi connectivity index (χ2n) is 4.04. The zero-order valence-electron chi connectivity index (χ0n) is 8.94. The van der Waals surface area contributed by atoms with Crippen molar-refractivity contribution in [1.29, 1.82) is 0 Å². The van der Waals surface area contributed by atoms with Crippen LogP contribution in [-0.4, -0.2) is 32.0 Å². The van der Waals surface area contributed by atoms with E-state index < -0.39 is 12.3 Å². The van der Waals surface area contributed by atoms with E-state index in [-0.39, 0.29) is 6.61 Å². The molecule has 15 heavy (non-hydrogen) atoms. The third-order valence-corrected chi connectivity index (χ3v) is 2.81. The lowest BCUT2D eigenvalue weighted by Gasteiger charge is -2.23. The van der Waals surface area contributed by atoms with Gasteiger partial charge in [0.05, 0.1) is 0 Å². The van der Waals surface area contributed by atoms with E-state index in [1.165, 1.54) is 0 Å². The molecule has 0 saturated carbocycles. The van der Waals surface area contributed by atoms with Crippen LogP contribution in [-0.2, 0) is 4.74 Å². The Morgan fingerprint density at radius 3 is 2.47 bits per heavy atom. The van der Waals surface area contributed by atoms with Crippen LogP contribution in [0.3, 0.4) is 0 Å². The van der Waals surface area contributed by atoms with E-state index in [4.69, 9.17) is 4.74 Å². The summed E-state index contributed by atoms with van der Waals surface area (Å²) in [6.45, 7) is 3.22. The van der Waals surface area contributed by atoms with Crippen LogP contribution < -0.4 is 5.32 Å². The minimum atomic E-state index is -4.23. The van der Waals surface area contributed by atoms with Gasteiger partial charge in [-0.05, 0) is 45.2 Å². The Bertz CT molecular complexity index is 178. The first kappa shape index (κ1) is 12.8. The summed E-state index contributed by atoms with van der Waals surface area (Å²) in [6.07, 6.45) is -3.04. The molecule has 1 atom stereocenters. The summed E-state index contributed by atoms with van der Waals surface area (Å²) in [4.78, 5) is 0. The van der Waals surface area contributed by atoms with Gasteiger partial charge >= 0.3 is 6.18 Å². The van der Waals surface area contributed by atoms with Crippen molar-refractivity contribution in [2.75, 3.05) is 19.7 Å². The zero-order valence-corrected chi connectivity index (χ0v) is 8.94. The van der Waals surface area contributed by atoms with Crippen LogP contribution in [0.2, 0.25) is 0 Å². The van der Waals surface area contributed by atoms with Crippen molar-refractivity contribution in [3.63, 3.8) is 0 Å². The first-order valence-corrected chi connectivity index (χ1v) is 5.39. The molecule has 0 aromatic heterocycles. The first-order chi connectivity index (χ1) is 7.00. The molecule has 0 aliphatic carbocycles. The maximum Gasteiger partial charge on any atom is 0.414 e. The van der Waals surface area contributed by atoms with Crippen molar-refractivity contribution in [2.45, 2.75) is 38.5 Å². The molecule has 90 valence electrons. The Balaban J connectivity index is 2.10. The van der Waals surface area contributed by atoms with Gasteiger partial charge in [0.25, 0.3) is 0 Å². The number of ether oxygens (including phenoxy) is 1. The maximum absolute atomic E-state index is 12.1. The van der Waals surface area contributed by atoms with E-state index in [1.54, 1.807) is 0 Å². The largest absolute Gasteiger partial charge is 0.414 e. The van der Waals surface area contributed by atoms with E-state index in [0.29, 0.717) is 5.92 Å². The Hall–Kier alpha value is -0.290. The molecule has 0 aromatic carbocycles. The standard InChI is InChI=1S/C10H18F3NO/c1-8(10(11,12)13)15-7-4-9-2-5-14-6-3-9/h8-9,14H,2-7H2,1H3. The molecule has 0 amide bonds. The number of alkyl halides is 3. The number of piperidine rings is 1. The first-order valence-electron chi connectivity index (χ1n) is 5.39. The fourth-order valence-corrected chi connectivity index (χ4v) is 1.68. The summed E-state index contributed by atoms with van der Waals surface area (Å²) < 4.78 is 41.0. The van der Waals surface area contributed by atoms with Crippen LogP contribution >= 0.6 is 0 Å². The molecule has 1 rings (SSSR count). The Morgan fingerprint density at radius 2 is 1.93 bits per heavy atom. The fourth-order valence-electron chi connectivity index (χ4n) is 1.68. The lowest BCUT2D eigenvalue weighted by atomic mass is 9.95. The summed E-state index contributed by atoms with van der Waals surface area (Å²) in [5.74, 6) is 0.520. The molecule has 2 nitrogen and oxygen atoms in total. The molecular formula is C10H18F3NO. The minimum absolute atomic E-state index is 0.214. The van der Waals surface area contributed by atoms with Gasteiger partial charge in [0.15, 0.2) is 6.10 Å². The van der Waals surface area contributed by atoms with Crippen LogP contribution in [0.5, 0.6) is 0 Å². The summed E-state index contributed by atoms with van der Waals surface area (Å²) in [7, 11) is 0. The Labute approximate surface area is 88.2 Å². The minimum Gasteiger partial charge on any atom is -0.369 e. The van der Waals surface area contributed by atoms with Crippen LogP contribution in [0.4, 0.5) is 13.2 Å². The third kappa shape index (κ3) is 4.84. The number of nitrogens with one attached hydrogen (secondary N) is 1. The quantitative estimate of drug-likeness (QED) is 0.793. The van der Waals surface area contributed by atoms with Crippen LogP contribution in [0.15, 0.2) is 0 Å². The van der Waals surface area contributed by atoms with Crippen molar-refractivity contribution >= 4 is 0 Å². The highest BCUT2D eigenvalue weighted by atomic mass is 19.4. The fraction of sp³-hybridized carbons (Fsp3) is 1.00. The Morgan fingerprint density at radius 1 is 1.33 bits per heavy atom. The van der Waals surface area contributed by atoms with Gasteiger partial charge in [-0.3, -0.25) is 0 Å². The van der Waals surface area contributed by atoms with Crippen molar-refractivity contribution in [2.24, 2.45) is 5.92 Å². The van der Waals surface area contributed by atoms with Gasteiger partial charge in [-0.15, -0.1) is 0 Å². The van der Waals surface area contributed by atoms with Crippen LogP contribution in [0, 0.1) is 5.92 Å². The van der Waals surface area contributed by atoms with E-state index in [0.717, 1.165) is 39.3 Å². The van der Waals surface area contributed by atoms with Crippen molar-refractivity contribution in [3.05, 3.63) is 0 Å². The lowest BCUT2D eigenvalue weighted by Crippen LogP contribution is -2.31. The molecule has 1 N–H and O–H groups in total. The highest BCUT2D eigenvalue weighted by Gasteiger charge is 2.36. The molecule has 0 aromatic rings. The van der Waals surface area contributed by atoms with E-state index in [1.807, 2.05) is 0 Å². The van der Waals surface area contributed by atoms with Gasteiger partial charge in [0.1, 0.15) is 0 Å². The molecule has 0 spiro atoms. The van der Waals surface area contributed by atoms with Gasteiger partial charge < -0.3 is 10.1 Å². The number of hydrogen-bond donors (Lipinski definition) is 1. The van der Waals surface area contributed by atoms with E-state index in [9.17, 15) is 13.2 Å². The molecule has 1 unspecified atom stereocenters. The summed E-state index contributed by atoms with van der Waals surface area (Å²) in [6, 6.07) is 0. The van der Waals surface area contributed by atoms with Crippen LogP contribution in [0.25, 0.3) is 0 Å². The monoisotopic (exact) mass is 225 g/mol. The van der Waals surface area contributed by atoms with E-state index in [2.05, 4.69) is 5.32 Å². The number of halogens is 3. The van der Waals surface area contributed by atoms with Gasteiger partial charge in [-0.1, -0.05) is 0 Å². The summed E-state index contributed by atoms with van der Waals surface area (Å²) in [5.41, 5.74) is 0. The SMILES string of the molecule is CC(OCCC1CCNCC1)C(F)(F)F. The highest BCUT2D eigenvalue weighted by molar-refractivity contribution is 4.69. The third-order valence-electron chi connectivity index (χ3n) is 2.81. The predicted octanol–water partition coefficient (Wildman–Crippen LogP) is 2.34. The molecule has 1 saturated heterocycles. The molecule has 1 heterocycles. The second kappa shape index (κ2) is 5.70. The predicted molar refractivity (Wildman–Crippen MR) is 51.7 cm³/mol. The van der Waals surface area contributed by atoms with Gasteiger partial charge in [-0.2, -0.15) is 13.2 Å². The van der Waals surface area contributed by atoms with Crippen molar-refractivity contribution in [3.8, 4) is 0 Å². The average Bonchev–Trinajstić information content (AvgIpc) is 2.18. The molecule has 1 fully saturated rings. The average molecular weight is 225 g/mol. The van der Waals surface area contributed by atoms with Gasteiger partial charge in [0, 0.05) is 6.61 Å². The van der Waals surface area contributed by atoms with Crippen molar-refractivity contribution < 1.29 is 17.9 Å². The molecule has 5 heteroatoms. The number of hydrogen-bond acceptors (Lipinski definition) is 2. The molecular weight excluding hydrogens is 207 g/mol. The smallest absolute Gasteiger partial charge is 0.369 e. The maximum atomic E-state index is 12.1. The van der Waals surface area contributed by atoms with E-state index >= 15 is 0 Å². The summed E-state index contributed by atoms with van der Waals surface area (Å²) in [5, 5.41) is 3.22. The Kier molecular flexibility index (Phi) is 4.86. The summed E-state index contributed by atoms with van der Waals surface area (Å²) >= 11 is 0. The zero-order chi connectivity index (χ0) is 11.3. The molecule has 1 aliphatic heterocycles. The van der Waals surface area contributed by atoms with Gasteiger partial charge in [-0.25, -0.2) is 0 Å². The normalized spacial score (nSPS) is 21.6. The second-order valence-corrected chi connectivity index (χ2v) is 4.04. The van der Waals surface area contributed by atoms with Crippen LogP contribution in [0.1, 0.15) is 26.2 Å². The topological polar surface area (TPSA) is 21.3 Å². The molecule has 1 aliphatic rings. The number of rotatable bonds is 4. The molecule has 0 radical (unpaired) electrons. The van der Waals surface area contributed by atoms with Crippen molar-refractivity contribution in [1.82, 2.24) is 5.32 Å². The molecule has 0 bridgehead atoms. The van der Waals surface area contributed by atoms with Gasteiger partial charge in [0.2, 0.25) is 0 Å².